The number of H-pyrrole nitrogens is 1. The minimum atomic E-state index is -0.661. The van der Waals surface area contributed by atoms with Crippen molar-refractivity contribution in [3.8, 4) is 6.07 Å². The molecule has 0 bridgehead atoms. The summed E-state index contributed by atoms with van der Waals surface area (Å²) in [6.45, 7) is 0.650. The number of nitrogens with zero attached hydrogens (tertiary/aromatic N) is 2. The number of aromatic nitrogens is 2. The fraction of sp³-hybridized carbons (Fsp3) is 0.375. The SMILES string of the molecule is COCCn1cc(C#N)c(=O)[nH]c1=O. The van der Waals surface area contributed by atoms with Crippen molar-refractivity contribution >= 4 is 0 Å². The summed E-state index contributed by atoms with van der Waals surface area (Å²) in [7, 11) is 1.50. The van der Waals surface area contributed by atoms with Crippen molar-refractivity contribution in [1.82, 2.24) is 9.55 Å². The first-order valence-electron chi connectivity index (χ1n) is 3.92. The standard InChI is InChI=1S/C8H9N3O3/c1-14-3-2-11-5-6(4-9)7(12)10-8(11)13/h5H,2-3H2,1H3,(H,10,12,13). The predicted octanol–water partition coefficient (Wildman–Crippen LogP) is -0.945. The topological polar surface area (TPSA) is 87.9 Å². The Morgan fingerprint density at radius 1 is 1.64 bits per heavy atom. The number of nitriles is 1. The third kappa shape index (κ3) is 2.08. The van der Waals surface area contributed by atoms with Gasteiger partial charge in [-0.15, -0.1) is 0 Å². The van der Waals surface area contributed by atoms with Crippen LogP contribution in [-0.2, 0) is 11.3 Å². The van der Waals surface area contributed by atoms with Crippen molar-refractivity contribution < 1.29 is 4.74 Å². The predicted molar refractivity (Wildman–Crippen MR) is 47.9 cm³/mol. The molecule has 6 heteroatoms. The normalized spacial score (nSPS) is 9.71. The second kappa shape index (κ2) is 4.39. The molecule has 0 aliphatic rings. The van der Waals surface area contributed by atoms with Gasteiger partial charge in [-0.1, -0.05) is 0 Å². The lowest BCUT2D eigenvalue weighted by molar-refractivity contribution is 0.185. The molecule has 0 spiro atoms. The molecule has 1 aromatic rings. The molecule has 14 heavy (non-hydrogen) atoms. The van der Waals surface area contributed by atoms with Gasteiger partial charge in [-0.3, -0.25) is 14.3 Å². The highest BCUT2D eigenvalue weighted by Crippen LogP contribution is 1.84. The number of hydrogen-bond acceptors (Lipinski definition) is 4. The molecule has 0 aliphatic heterocycles. The Morgan fingerprint density at radius 2 is 2.36 bits per heavy atom. The van der Waals surface area contributed by atoms with Crippen LogP contribution in [0.2, 0.25) is 0 Å². The van der Waals surface area contributed by atoms with Crippen molar-refractivity contribution in [3.05, 3.63) is 32.6 Å². The molecule has 1 rings (SSSR count). The molecule has 0 unspecified atom stereocenters. The quantitative estimate of drug-likeness (QED) is 0.673. The summed E-state index contributed by atoms with van der Waals surface area (Å²) in [5, 5.41) is 8.54. The summed E-state index contributed by atoms with van der Waals surface area (Å²) >= 11 is 0. The Bertz CT molecular complexity index is 466. The minimum absolute atomic E-state index is 0.0827. The van der Waals surface area contributed by atoms with Gasteiger partial charge in [0, 0.05) is 13.3 Å². The zero-order valence-corrected chi connectivity index (χ0v) is 7.61. The summed E-state index contributed by atoms with van der Waals surface area (Å²) in [5.74, 6) is 0. The minimum Gasteiger partial charge on any atom is -0.383 e. The van der Waals surface area contributed by atoms with Crippen LogP contribution >= 0.6 is 0 Å². The average Bonchev–Trinajstić information content (AvgIpc) is 2.17. The van der Waals surface area contributed by atoms with Crippen LogP contribution in [0.1, 0.15) is 5.56 Å². The Balaban J connectivity index is 3.13. The summed E-state index contributed by atoms with van der Waals surface area (Å²) in [6, 6.07) is 1.69. The van der Waals surface area contributed by atoms with Gasteiger partial charge in [0.05, 0.1) is 13.2 Å². The zero-order valence-electron chi connectivity index (χ0n) is 7.61. The van der Waals surface area contributed by atoms with Gasteiger partial charge in [-0.25, -0.2) is 4.79 Å². The van der Waals surface area contributed by atoms with E-state index < -0.39 is 11.2 Å². The summed E-state index contributed by atoms with van der Waals surface area (Å²) in [4.78, 5) is 24.2. The molecular weight excluding hydrogens is 186 g/mol. The van der Waals surface area contributed by atoms with E-state index in [-0.39, 0.29) is 5.56 Å². The van der Waals surface area contributed by atoms with Crippen LogP contribution in [0.15, 0.2) is 15.8 Å². The second-order valence-corrected chi connectivity index (χ2v) is 2.60. The molecule has 0 fully saturated rings. The van der Waals surface area contributed by atoms with E-state index >= 15 is 0 Å². The number of rotatable bonds is 3. The third-order valence-electron chi connectivity index (χ3n) is 1.67. The lowest BCUT2D eigenvalue weighted by Crippen LogP contribution is -2.31. The lowest BCUT2D eigenvalue weighted by Gasteiger charge is -2.03. The van der Waals surface area contributed by atoms with Crippen molar-refractivity contribution in [2.24, 2.45) is 0 Å². The highest BCUT2D eigenvalue weighted by molar-refractivity contribution is 5.21. The highest BCUT2D eigenvalue weighted by atomic mass is 16.5. The third-order valence-corrected chi connectivity index (χ3v) is 1.67. The fourth-order valence-electron chi connectivity index (χ4n) is 0.945. The first-order chi connectivity index (χ1) is 6.69. The van der Waals surface area contributed by atoms with E-state index in [0.29, 0.717) is 13.2 Å². The van der Waals surface area contributed by atoms with Crippen LogP contribution < -0.4 is 11.2 Å². The van der Waals surface area contributed by atoms with Crippen LogP contribution in [0.5, 0.6) is 0 Å². The van der Waals surface area contributed by atoms with E-state index in [1.54, 1.807) is 6.07 Å². The van der Waals surface area contributed by atoms with Gasteiger partial charge in [-0.05, 0) is 0 Å². The fourth-order valence-corrected chi connectivity index (χ4v) is 0.945. The van der Waals surface area contributed by atoms with Gasteiger partial charge < -0.3 is 4.74 Å². The molecule has 6 nitrogen and oxygen atoms in total. The summed E-state index contributed by atoms with van der Waals surface area (Å²) in [6.07, 6.45) is 1.22. The number of hydrogen-bond donors (Lipinski definition) is 1. The van der Waals surface area contributed by atoms with E-state index in [2.05, 4.69) is 0 Å². The Morgan fingerprint density at radius 3 is 2.93 bits per heavy atom. The van der Waals surface area contributed by atoms with Crippen LogP contribution in [-0.4, -0.2) is 23.3 Å². The van der Waals surface area contributed by atoms with Gasteiger partial charge >= 0.3 is 5.69 Å². The van der Waals surface area contributed by atoms with Gasteiger partial charge in [0.15, 0.2) is 0 Å². The maximum absolute atomic E-state index is 11.2. The molecule has 0 amide bonds. The van der Waals surface area contributed by atoms with Crippen molar-refractivity contribution in [1.29, 1.82) is 5.26 Å². The number of aromatic amines is 1. The molecule has 1 aromatic heterocycles. The highest BCUT2D eigenvalue weighted by Gasteiger charge is 2.02. The molecular formula is C8H9N3O3. The molecule has 0 saturated heterocycles. The van der Waals surface area contributed by atoms with E-state index in [9.17, 15) is 9.59 Å². The first kappa shape index (κ1) is 10.2. The Labute approximate surface area is 79.4 Å². The van der Waals surface area contributed by atoms with Crippen molar-refractivity contribution in [2.75, 3.05) is 13.7 Å². The van der Waals surface area contributed by atoms with Crippen molar-refractivity contribution in [3.63, 3.8) is 0 Å². The van der Waals surface area contributed by atoms with Crippen molar-refractivity contribution in [2.45, 2.75) is 6.54 Å². The molecule has 0 aromatic carbocycles. The number of nitrogens with one attached hydrogen (secondary N) is 1. The molecule has 0 radical (unpaired) electrons. The maximum atomic E-state index is 11.2. The summed E-state index contributed by atoms with van der Waals surface area (Å²) < 4.78 is 6.00. The second-order valence-electron chi connectivity index (χ2n) is 2.60. The Kier molecular flexibility index (Phi) is 3.20. The largest absolute Gasteiger partial charge is 0.383 e. The van der Waals surface area contributed by atoms with Crippen LogP contribution in [0.25, 0.3) is 0 Å². The van der Waals surface area contributed by atoms with Crippen LogP contribution in [0.4, 0.5) is 0 Å². The number of methoxy groups -OCH3 is 1. The number of ether oxygens (including phenoxy) is 1. The molecule has 0 saturated carbocycles. The lowest BCUT2D eigenvalue weighted by atomic mass is 10.4. The summed E-state index contributed by atoms with van der Waals surface area (Å²) in [5.41, 5.74) is -1.28. The van der Waals surface area contributed by atoms with Gasteiger partial charge in [0.1, 0.15) is 11.6 Å². The van der Waals surface area contributed by atoms with Crippen LogP contribution in [0.3, 0.4) is 0 Å². The van der Waals surface area contributed by atoms with Gasteiger partial charge in [-0.2, -0.15) is 5.26 Å². The van der Waals surface area contributed by atoms with Gasteiger partial charge in [0.25, 0.3) is 5.56 Å². The maximum Gasteiger partial charge on any atom is 0.328 e. The molecule has 0 atom stereocenters. The van der Waals surface area contributed by atoms with E-state index in [1.165, 1.54) is 17.9 Å². The van der Waals surface area contributed by atoms with E-state index in [4.69, 9.17) is 10.00 Å². The molecule has 1 N–H and O–H groups in total. The van der Waals surface area contributed by atoms with E-state index in [0.717, 1.165) is 0 Å². The van der Waals surface area contributed by atoms with Gasteiger partial charge in [0.2, 0.25) is 0 Å². The first-order valence-corrected chi connectivity index (χ1v) is 3.92. The van der Waals surface area contributed by atoms with Crippen LogP contribution in [0, 0.1) is 11.3 Å². The smallest absolute Gasteiger partial charge is 0.328 e. The molecule has 0 aliphatic carbocycles. The average molecular weight is 195 g/mol. The monoisotopic (exact) mass is 195 g/mol. The Hall–Kier alpha value is -1.87. The zero-order chi connectivity index (χ0) is 10.6. The van der Waals surface area contributed by atoms with E-state index in [1.807, 2.05) is 4.98 Å². The molecule has 74 valence electrons. The molecule has 1 heterocycles.